The second-order valence-electron chi connectivity index (χ2n) is 6.58. The van der Waals surface area contributed by atoms with Crippen LogP contribution in [0.15, 0.2) is 66.7 Å². The first-order chi connectivity index (χ1) is 13.8. The lowest BCUT2D eigenvalue weighted by atomic mass is 10.1. The van der Waals surface area contributed by atoms with Crippen molar-refractivity contribution < 1.29 is 0 Å². The molecule has 6 heteroatoms. The predicted molar refractivity (Wildman–Crippen MR) is 109 cm³/mol. The van der Waals surface area contributed by atoms with E-state index < -0.39 is 0 Å². The Bertz CT molecular complexity index is 1110. The van der Waals surface area contributed by atoms with Crippen LogP contribution in [0, 0.1) is 11.3 Å². The first-order valence-corrected chi connectivity index (χ1v) is 9.30. The summed E-state index contributed by atoms with van der Waals surface area (Å²) in [7, 11) is 0. The Morgan fingerprint density at radius 1 is 0.964 bits per heavy atom. The number of rotatable bonds is 6. The van der Waals surface area contributed by atoms with Crippen LogP contribution in [0.25, 0.3) is 17.0 Å². The minimum absolute atomic E-state index is 0.669. The van der Waals surface area contributed by atoms with Gasteiger partial charge in [-0.2, -0.15) is 9.78 Å². The summed E-state index contributed by atoms with van der Waals surface area (Å²) in [6, 6.07) is 23.7. The molecule has 0 fully saturated rings. The third-order valence-corrected chi connectivity index (χ3v) is 4.55. The number of hydrogen-bond acceptors (Lipinski definition) is 5. The topological polar surface area (TPSA) is 70.1 Å². The van der Waals surface area contributed by atoms with Gasteiger partial charge in [0.25, 0.3) is 0 Å². The second-order valence-corrected chi connectivity index (χ2v) is 6.58. The maximum atomic E-state index is 8.99. The van der Waals surface area contributed by atoms with Gasteiger partial charge in [0.15, 0.2) is 11.5 Å². The lowest BCUT2D eigenvalue weighted by Crippen LogP contribution is -2.25. The van der Waals surface area contributed by atoms with Crippen molar-refractivity contribution in [3.63, 3.8) is 0 Å². The van der Waals surface area contributed by atoms with Gasteiger partial charge >= 0.3 is 0 Å². The summed E-state index contributed by atoms with van der Waals surface area (Å²) in [4.78, 5) is 2.23. The summed E-state index contributed by atoms with van der Waals surface area (Å²) < 4.78 is 1.80. The zero-order chi connectivity index (χ0) is 19.3. The van der Waals surface area contributed by atoms with E-state index in [0.29, 0.717) is 5.56 Å². The molecule has 2 heterocycles. The van der Waals surface area contributed by atoms with Crippen LogP contribution in [0.3, 0.4) is 0 Å². The van der Waals surface area contributed by atoms with Crippen LogP contribution in [0.4, 0.5) is 5.82 Å². The van der Waals surface area contributed by atoms with Crippen molar-refractivity contribution in [1.29, 1.82) is 5.26 Å². The highest BCUT2D eigenvalue weighted by Crippen LogP contribution is 2.21. The third-order valence-electron chi connectivity index (χ3n) is 4.55. The van der Waals surface area contributed by atoms with Crippen molar-refractivity contribution in [2.24, 2.45) is 0 Å². The molecule has 0 saturated heterocycles. The number of hydrogen-bond donors (Lipinski definition) is 0. The summed E-state index contributed by atoms with van der Waals surface area (Å²) in [5, 5.41) is 22.4. The maximum absolute atomic E-state index is 8.99. The summed E-state index contributed by atoms with van der Waals surface area (Å²) in [6.07, 6.45) is 1.00. The predicted octanol–water partition coefficient (Wildman–Crippen LogP) is 4.08. The fourth-order valence-electron chi connectivity index (χ4n) is 3.16. The quantitative estimate of drug-likeness (QED) is 0.513. The molecule has 0 aliphatic carbocycles. The average Bonchev–Trinajstić information content (AvgIpc) is 3.18. The van der Waals surface area contributed by atoms with E-state index >= 15 is 0 Å². The monoisotopic (exact) mass is 368 g/mol. The van der Waals surface area contributed by atoms with Gasteiger partial charge in [-0.25, -0.2) is 0 Å². The second kappa shape index (κ2) is 7.89. The molecular weight excluding hydrogens is 348 g/mol. The highest BCUT2D eigenvalue weighted by atomic mass is 15.4. The molecule has 0 unspecified atom stereocenters. The molecule has 2 aromatic carbocycles. The summed E-state index contributed by atoms with van der Waals surface area (Å²) >= 11 is 0. The fraction of sp³-hybridized carbons (Fsp3) is 0.182. The van der Waals surface area contributed by atoms with E-state index in [4.69, 9.17) is 10.4 Å². The standard InChI is InChI=1S/C22H20N6/c1-2-14-27(16-18-10-8-17(15-23)9-11-18)21-13-12-20-24-25-22(28(20)26-21)19-6-4-3-5-7-19/h3-13H,2,14,16H2,1H3. The van der Waals surface area contributed by atoms with Gasteiger partial charge in [-0.05, 0) is 36.2 Å². The number of anilines is 1. The number of aromatic nitrogens is 4. The number of benzene rings is 2. The highest BCUT2D eigenvalue weighted by Gasteiger charge is 2.13. The van der Waals surface area contributed by atoms with Gasteiger partial charge < -0.3 is 4.90 Å². The molecule has 0 N–H and O–H groups in total. The first kappa shape index (κ1) is 17.7. The van der Waals surface area contributed by atoms with Gasteiger partial charge in [-0.3, -0.25) is 0 Å². The molecule has 6 nitrogen and oxygen atoms in total. The van der Waals surface area contributed by atoms with Gasteiger partial charge in [0.05, 0.1) is 11.6 Å². The lowest BCUT2D eigenvalue weighted by Gasteiger charge is -2.23. The van der Waals surface area contributed by atoms with Crippen molar-refractivity contribution in [2.75, 3.05) is 11.4 Å². The Kier molecular flexibility index (Phi) is 4.98. The molecule has 0 radical (unpaired) electrons. The summed E-state index contributed by atoms with van der Waals surface area (Å²) in [6.45, 7) is 3.75. The average molecular weight is 368 g/mol. The molecule has 0 aliphatic rings. The van der Waals surface area contributed by atoms with Crippen molar-refractivity contribution in [3.05, 3.63) is 77.9 Å². The van der Waals surface area contributed by atoms with Crippen LogP contribution in [-0.2, 0) is 6.54 Å². The lowest BCUT2D eigenvalue weighted by molar-refractivity contribution is 0.738. The van der Waals surface area contributed by atoms with Crippen LogP contribution in [0.5, 0.6) is 0 Å². The smallest absolute Gasteiger partial charge is 0.185 e. The molecule has 28 heavy (non-hydrogen) atoms. The maximum Gasteiger partial charge on any atom is 0.185 e. The molecule has 0 saturated carbocycles. The van der Waals surface area contributed by atoms with Crippen molar-refractivity contribution in [2.45, 2.75) is 19.9 Å². The highest BCUT2D eigenvalue weighted by molar-refractivity contribution is 5.59. The Labute approximate surface area is 163 Å². The van der Waals surface area contributed by atoms with Gasteiger partial charge in [0.1, 0.15) is 5.82 Å². The van der Waals surface area contributed by atoms with Crippen molar-refractivity contribution in [3.8, 4) is 17.5 Å². The van der Waals surface area contributed by atoms with Gasteiger partial charge in [-0.1, -0.05) is 49.4 Å². The van der Waals surface area contributed by atoms with E-state index in [-0.39, 0.29) is 0 Å². The number of nitrogens with zero attached hydrogens (tertiary/aromatic N) is 6. The van der Waals surface area contributed by atoms with Crippen molar-refractivity contribution in [1.82, 2.24) is 19.8 Å². The Balaban J connectivity index is 1.69. The molecule has 0 atom stereocenters. The van der Waals surface area contributed by atoms with E-state index in [1.54, 1.807) is 4.52 Å². The molecule has 0 amide bonds. The largest absolute Gasteiger partial charge is 0.351 e. The van der Waals surface area contributed by atoms with Crippen LogP contribution >= 0.6 is 0 Å². The van der Waals surface area contributed by atoms with E-state index in [1.807, 2.05) is 66.7 Å². The molecule has 0 aliphatic heterocycles. The zero-order valence-electron chi connectivity index (χ0n) is 15.7. The van der Waals surface area contributed by atoms with Crippen LogP contribution in [-0.4, -0.2) is 26.4 Å². The Morgan fingerprint density at radius 2 is 1.75 bits per heavy atom. The fourth-order valence-corrected chi connectivity index (χ4v) is 3.16. The van der Waals surface area contributed by atoms with Gasteiger partial charge in [-0.15, -0.1) is 15.3 Å². The van der Waals surface area contributed by atoms with Gasteiger partial charge in [0, 0.05) is 18.7 Å². The van der Waals surface area contributed by atoms with Crippen LogP contribution < -0.4 is 4.90 Å². The van der Waals surface area contributed by atoms with Crippen LogP contribution in [0.2, 0.25) is 0 Å². The van der Waals surface area contributed by atoms with Crippen molar-refractivity contribution >= 4 is 11.5 Å². The third kappa shape index (κ3) is 3.55. The molecule has 4 rings (SSSR count). The van der Waals surface area contributed by atoms with E-state index in [0.717, 1.165) is 47.9 Å². The van der Waals surface area contributed by atoms with Gasteiger partial charge in [0.2, 0.25) is 0 Å². The molecule has 2 aromatic heterocycles. The minimum Gasteiger partial charge on any atom is -0.351 e. The first-order valence-electron chi connectivity index (χ1n) is 9.30. The number of fused-ring (bicyclic) bond motifs is 1. The molecule has 138 valence electrons. The SMILES string of the molecule is CCCN(Cc1ccc(C#N)cc1)c1ccc2nnc(-c3ccccc3)n2n1. The number of nitriles is 1. The van der Waals surface area contributed by atoms with Crippen LogP contribution in [0.1, 0.15) is 24.5 Å². The Morgan fingerprint density at radius 3 is 2.46 bits per heavy atom. The molecular formula is C22H20N6. The molecule has 0 bridgehead atoms. The molecule has 4 aromatic rings. The Hall–Kier alpha value is -3.72. The summed E-state index contributed by atoms with van der Waals surface area (Å²) in [5.41, 5.74) is 3.51. The summed E-state index contributed by atoms with van der Waals surface area (Å²) in [5.74, 6) is 1.60. The minimum atomic E-state index is 0.669. The zero-order valence-corrected chi connectivity index (χ0v) is 15.7. The van der Waals surface area contributed by atoms with E-state index in [9.17, 15) is 0 Å². The van der Waals surface area contributed by atoms with E-state index in [1.165, 1.54) is 0 Å². The van der Waals surface area contributed by atoms with E-state index in [2.05, 4.69) is 28.1 Å². The normalized spacial score (nSPS) is 10.7. The molecule has 0 spiro atoms.